The zero-order valence-corrected chi connectivity index (χ0v) is 38.9. The number of ether oxygens (including phenoxy) is 5. The zero-order valence-electron chi connectivity index (χ0n) is 38.0. The highest BCUT2D eigenvalue weighted by molar-refractivity contribution is 7.44. The van der Waals surface area contributed by atoms with Crippen molar-refractivity contribution in [2.45, 2.75) is 96.6 Å². The molecule has 2 heterocycles. The van der Waals surface area contributed by atoms with Crippen LogP contribution in [0.25, 0.3) is 0 Å². The van der Waals surface area contributed by atoms with Crippen molar-refractivity contribution in [3.63, 3.8) is 0 Å². The Kier molecular flexibility index (Phi) is 14.5. The molecule has 2 aliphatic rings. The summed E-state index contributed by atoms with van der Waals surface area (Å²) in [6.45, 7) is 14.1. The molecule has 1 N–H and O–H groups in total. The lowest BCUT2D eigenvalue weighted by Crippen LogP contribution is -2.57. The fraction of sp³-hybridized carbons (Fsp3) is 0.420. The summed E-state index contributed by atoms with van der Waals surface area (Å²) in [5.74, 6) is 1.15. The molecule has 1 saturated heterocycles. The van der Waals surface area contributed by atoms with Gasteiger partial charge in [-0.2, -0.15) is 5.26 Å². The number of methoxy groups -OCH3 is 2. The van der Waals surface area contributed by atoms with Crippen LogP contribution in [0.4, 0.5) is 0 Å². The number of aryl methyl sites for hydroxylation is 2. The Hall–Kier alpha value is -5.32. The van der Waals surface area contributed by atoms with E-state index in [4.69, 9.17) is 32.7 Å². The maximum atomic E-state index is 13.9. The average molecular weight is 891 g/mol. The number of hydrogen-bond donors (Lipinski definition) is 1. The number of hydrogen-bond acceptors (Lipinski definition) is 11. The van der Waals surface area contributed by atoms with Crippen LogP contribution in [0.2, 0.25) is 0 Å². The molecule has 1 aromatic heterocycles. The van der Waals surface area contributed by atoms with Crippen molar-refractivity contribution in [2.24, 2.45) is 11.8 Å². The molecule has 2 fully saturated rings. The van der Waals surface area contributed by atoms with Gasteiger partial charge in [-0.25, -0.2) is 9.46 Å². The highest BCUT2D eigenvalue weighted by atomic mass is 31.2. The van der Waals surface area contributed by atoms with Crippen molar-refractivity contribution in [1.82, 2.24) is 14.2 Å². The van der Waals surface area contributed by atoms with Crippen LogP contribution in [-0.4, -0.2) is 71.5 Å². The predicted molar refractivity (Wildman–Crippen MR) is 246 cm³/mol. The van der Waals surface area contributed by atoms with Crippen LogP contribution in [0.5, 0.6) is 17.2 Å². The van der Waals surface area contributed by atoms with E-state index in [9.17, 15) is 14.9 Å². The van der Waals surface area contributed by atoms with Gasteiger partial charge in [0.2, 0.25) is 0 Å². The molecule has 7 rings (SSSR count). The summed E-state index contributed by atoms with van der Waals surface area (Å²) in [6.07, 6.45) is -0.706. The topological polar surface area (TPSA) is 147 Å². The van der Waals surface area contributed by atoms with Crippen molar-refractivity contribution in [3.05, 3.63) is 158 Å². The number of nitriles is 1. The SMILES string of the molecule is COc1ccc(C(OC[C@]23O[C@@H](n4cc(C)c(=O)[nH]c4=O)[C@H]([C@@H](C)[C@H]2Oc2ccc(C)cc2)[C@@H]3OP(OCCC#N)N(C(C)C)C(C)C)(c2ccccc2)c2ccc(OC)cc2)cc1. The van der Waals surface area contributed by atoms with Gasteiger partial charge in [-0.05, 0) is 94.6 Å². The van der Waals surface area contributed by atoms with E-state index in [1.807, 2.05) is 110 Å². The minimum absolute atomic E-state index is 0.00598. The van der Waals surface area contributed by atoms with Crippen LogP contribution >= 0.6 is 8.53 Å². The first-order chi connectivity index (χ1) is 30.8. The van der Waals surface area contributed by atoms with E-state index in [1.54, 1.807) is 27.3 Å². The smallest absolute Gasteiger partial charge is 0.330 e. The second kappa shape index (κ2) is 19.8. The third-order valence-electron chi connectivity index (χ3n) is 12.3. The molecule has 338 valence electrons. The Morgan fingerprint density at radius 2 is 1.39 bits per heavy atom. The number of aromatic amines is 1. The molecule has 14 heteroatoms. The van der Waals surface area contributed by atoms with E-state index in [2.05, 4.69) is 50.3 Å². The van der Waals surface area contributed by atoms with Crippen molar-refractivity contribution in [2.75, 3.05) is 27.4 Å². The lowest BCUT2D eigenvalue weighted by molar-refractivity contribution is -0.215. The fourth-order valence-electron chi connectivity index (χ4n) is 9.29. The quantitative estimate of drug-likeness (QED) is 0.0482. The van der Waals surface area contributed by atoms with E-state index in [0.29, 0.717) is 22.8 Å². The lowest BCUT2D eigenvalue weighted by atomic mass is 9.79. The maximum Gasteiger partial charge on any atom is 0.330 e. The Morgan fingerprint density at radius 1 is 0.828 bits per heavy atom. The lowest BCUT2D eigenvalue weighted by Gasteiger charge is -2.45. The van der Waals surface area contributed by atoms with Crippen LogP contribution in [0.1, 0.15) is 75.1 Å². The minimum atomic E-state index is -1.84. The van der Waals surface area contributed by atoms with Gasteiger partial charge in [-0.15, -0.1) is 0 Å². The molecule has 4 aromatic carbocycles. The molecule has 13 nitrogen and oxygen atoms in total. The molecule has 1 unspecified atom stereocenters. The first kappa shape index (κ1) is 46.7. The number of aromatic nitrogens is 2. The molecule has 0 spiro atoms. The van der Waals surface area contributed by atoms with Gasteiger partial charge < -0.3 is 32.7 Å². The van der Waals surface area contributed by atoms with Gasteiger partial charge in [0, 0.05) is 35.7 Å². The molecule has 5 aromatic rings. The van der Waals surface area contributed by atoms with Crippen LogP contribution in [0.3, 0.4) is 0 Å². The molecular formula is C50H59N4O9P. The number of rotatable bonds is 19. The summed E-state index contributed by atoms with van der Waals surface area (Å²) in [5.41, 5.74) is 0.106. The van der Waals surface area contributed by atoms with E-state index < -0.39 is 55.3 Å². The molecule has 7 atom stereocenters. The van der Waals surface area contributed by atoms with Crippen LogP contribution in [-0.2, 0) is 24.1 Å². The van der Waals surface area contributed by atoms with Gasteiger partial charge >= 0.3 is 5.69 Å². The van der Waals surface area contributed by atoms with Crippen molar-refractivity contribution >= 4 is 8.53 Å². The fourth-order valence-corrected chi connectivity index (χ4v) is 11.1. The number of nitrogens with one attached hydrogen (secondary N) is 1. The third-order valence-corrected chi connectivity index (χ3v) is 14.4. The highest BCUT2D eigenvalue weighted by Gasteiger charge is 2.72. The number of fused-ring (bicyclic) bond motifs is 2. The first-order valence-corrected chi connectivity index (χ1v) is 22.9. The zero-order chi connectivity index (χ0) is 45.8. The van der Waals surface area contributed by atoms with E-state index in [-0.39, 0.29) is 37.6 Å². The molecule has 1 aliphatic carbocycles. The Balaban J connectivity index is 1.47. The van der Waals surface area contributed by atoms with Gasteiger partial charge in [0.1, 0.15) is 41.3 Å². The summed E-state index contributed by atoms with van der Waals surface area (Å²) in [7, 11) is 1.42. The first-order valence-electron chi connectivity index (χ1n) is 21.7. The monoisotopic (exact) mass is 890 g/mol. The summed E-state index contributed by atoms with van der Waals surface area (Å²) in [5, 5.41) is 9.60. The molecule has 1 saturated carbocycles. The van der Waals surface area contributed by atoms with Crippen molar-refractivity contribution in [3.8, 4) is 23.3 Å². The number of nitrogens with zero attached hydrogens (tertiary/aromatic N) is 3. The van der Waals surface area contributed by atoms with Crippen molar-refractivity contribution in [1.29, 1.82) is 5.26 Å². The molecule has 64 heavy (non-hydrogen) atoms. The minimum Gasteiger partial charge on any atom is -0.497 e. The predicted octanol–water partition coefficient (Wildman–Crippen LogP) is 8.82. The summed E-state index contributed by atoms with van der Waals surface area (Å²) < 4.78 is 51.1. The Morgan fingerprint density at radius 3 is 1.94 bits per heavy atom. The Bertz CT molecular complexity index is 2430. The standard InChI is InChI=1S/C50H59N4O9P/c1-32(2)54(33(3)4)64(60-29-13-28-51)63-45-43-36(7)44(61-42-22-16-34(5)17-23-42)49(45,62-47(43)53-30-35(6)46(55)52-48(53)56)31-59-50(37-14-11-10-12-15-37,38-18-24-40(57-8)25-19-38)39-20-26-41(58-9)27-21-39/h10-12,14-27,30,32-33,36,43-45,47H,13,29,31H2,1-9H3,(H,52,55,56)/t36-,43-,44-,45+,47-,49+,64?/m1/s1. The van der Waals surface area contributed by atoms with Gasteiger partial charge in [0.15, 0.2) is 5.60 Å². The van der Waals surface area contributed by atoms with Crippen LogP contribution < -0.4 is 25.5 Å². The highest BCUT2D eigenvalue weighted by Crippen LogP contribution is 2.63. The van der Waals surface area contributed by atoms with Crippen molar-refractivity contribution < 1.29 is 32.7 Å². The summed E-state index contributed by atoms with van der Waals surface area (Å²) in [4.78, 5) is 29.2. The van der Waals surface area contributed by atoms with E-state index in [0.717, 1.165) is 22.3 Å². The molecule has 0 amide bonds. The average Bonchev–Trinajstić information content (AvgIpc) is 3.71. The second-order valence-electron chi connectivity index (χ2n) is 17.1. The Labute approximate surface area is 376 Å². The molecule has 1 aliphatic heterocycles. The molecule has 0 radical (unpaired) electrons. The van der Waals surface area contributed by atoms with Gasteiger partial charge in [-0.3, -0.25) is 14.3 Å². The molecular weight excluding hydrogens is 832 g/mol. The van der Waals surface area contributed by atoms with E-state index >= 15 is 0 Å². The molecule has 2 bridgehead atoms. The maximum absolute atomic E-state index is 13.9. The van der Waals surface area contributed by atoms with Crippen LogP contribution in [0.15, 0.2) is 119 Å². The summed E-state index contributed by atoms with van der Waals surface area (Å²) >= 11 is 0. The van der Waals surface area contributed by atoms with Crippen LogP contribution in [0, 0.1) is 37.0 Å². The number of H-pyrrole nitrogens is 1. The van der Waals surface area contributed by atoms with Gasteiger partial charge in [-0.1, -0.05) is 79.2 Å². The van der Waals surface area contributed by atoms with E-state index in [1.165, 1.54) is 4.57 Å². The van der Waals surface area contributed by atoms with Gasteiger partial charge in [0.25, 0.3) is 14.1 Å². The normalized spacial score (nSPS) is 22.2. The third kappa shape index (κ3) is 9.01. The summed E-state index contributed by atoms with van der Waals surface area (Å²) in [6, 6.07) is 35.7. The second-order valence-corrected chi connectivity index (χ2v) is 18.5. The number of benzene rings is 4. The largest absolute Gasteiger partial charge is 0.497 e. The van der Waals surface area contributed by atoms with Gasteiger partial charge in [0.05, 0.1) is 39.9 Å².